The molecule has 0 aliphatic carbocycles. The Morgan fingerprint density at radius 2 is 1.60 bits per heavy atom. The maximum atomic E-state index is 10.9. The minimum atomic E-state index is -1.18. The van der Waals surface area contributed by atoms with Crippen molar-refractivity contribution in [1.82, 2.24) is 0 Å². The van der Waals surface area contributed by atoms with Crippen LogP contribution in [0.3, 0.4) is 0 Å². The van der Waals surface area contributed by atoms with Gasteiger partial charge in [0.2, 0.25) is 0 Å². The molecule has 0 radical (unpaired) electrons. The minimum Gasteiger partial charge on any atom is -0.481 e. The number of hydrogen-bond donors (Lipinski definition) is 4. The van der Waals surface area contributed by atoms with Crippen LogP contribution < -0.4 is 0 Å². The highest BCUT2D eigenvalue weighted by Crippen LogP contribution is 2.21. The highest BCUT2D eigenvalue weighted by molar-refractivity contribution is 5.87. The number of carboxylic acids is 2. The maximum absolute atomic E-state index is 10.9. The number of carboxylic acid groups (broad SMARTS) is 2. The Labute approximate surface area is 149 Å². The van der Waals surface area contributed by atoms with E-state index < -0.39 is 30.6 Å². The molecule has 25 heavy (non-hydrogen) atoms. The monoisotopic (exact) mass is 356 g/mol. The van der Waals surface area contributed by atoms with Gasteiger partial charge in [-0.1, -0.05) is 37.8 Å². The van der Waals surface area contributed by atoms with Crippen molar-refractivity contribution in [2.45, 2.75) is 65.9 Å². The summed E-state index contributed by atoms with van der Waals surface area (Å²) < 4.78 is 0. The van der Waals surface area contributed by atoms with E-state index in [1.807, 2.05) is 13.0 Å². The molecule has 0 rings (SSSR count). The first kappa shape index (κ1) is 23.3. The van der Waals surface area contributed by atoms with E-state index in [-0.39, 0.29) is 0 Å². The van der Waals surface area contributed by atoms with Gasteiger partial charge in [-0.25, -0.2) is 4.79 Å². The number of unbranched alkanes of at least 4 members (excludes halogenated alkanes) is 1. The van der Waals surface area contributed by atoms with Crippen LogP contribution in [0.5, 0.6) is 0 Å². The zero-order chi connectivity index (χ0) is 19.6. The van der Waals surface area contributed by atoms with Gasteiger partial charge in [0, 0.05) is 5.57 Å². The third kappa shape index (κ3) is 9.41. The summed E-state index contributed by atoms with van der Waals surface area (Å²) in [5.74, 6) is -2.78. The van der Waals surface area contributed by atoms with Crippen LogP contribution in [0.15, 0.2) is 22.8 Å². The van der Waals surface area contributed by atoms with Gasteiger partial charge in [0.25, 0.3) is 0 Å². The van der Waals surface area contributed by atoms with Crippen LogP contribution in [0.4, 0.5) is 0 Å². The molecule has 0 aromatic rings. The second-order valence-corrected chi connectivity index (χ2v) is 6.89. The van der Waals surface area contributed by atoms with Crippen LogP contribution >= 0.6 is 0 Å². The predicted octanol–water partition coefficient (Wildman–Crippen LogP) is 2.99. The van der Waals surface area contributed by atoms with Gasteiger partial charge in [0.15, 0.2) is 0 Å². The van der Waals surface area contributed by atoms with Gasteiger partial charge in [-0.05, 0) is 45.1 Å². The molecule has 0 bridgehead atoms. The number of carbonyl (C=O) groups is 2. The molecule has 0 aliphatic heterocycles. The van der Waals surface area contributed by atoms with Gasteiger partial charge < -0.3 is 20.4 Å². The highest BCUT2D eigenvalue weighted by atomic mass is 16.4. The van der Waals surface area contributed by atoms with Crippen LogP contribution in [-0.4, -0.2) is 45.1 Å². The highest BCUT2D eigenvalue weighted by Gasteiger charge is 2.25. The van der Waals surface area contributed by atoms with Gasteiger partial charge >= 0.3 is 11.9 Å². The van der Waals surface area contributed by atoms with E-state index in [0.29, 0.717) is 24.3 Å². The number of aliphatic carboxylic acids is 2. The first-order valence-corrected chi connectivity index (χ1v) is 8.69. The van der Waals surface area contributed by atoms with Crippen molar-refractivity contribution in [2.75, 3.05) is 6.61 Å². The van der Waals surface area contributed by atoms with E-state index in [1.54, 1.807) is 13.8 Å². The zero-order valence-electron chi connectivity index (χ0n) is 15.7. The molecule has 0 amide bonds. The average molecular weight is 356 g/mol. The number of aliphatic hydroxyl groups is 2. The van der Waals surface area contributed by atoms with E-state index in [1.165, 1.54) is 0 Å². The molecule has 0 fully saturated rings. The lowest BCUT2D eigenvalue weighted by atomic mass is 9.93. The van der Waals surface area contributed by atoms with Crippen molar-refractivity contribution < 1.29 is 30.0 Å². The first-order valence-electron chi connectivity index (χ1n) is 8.69. The van der Waals surface area contributed by atoms with Crippen LogP contribution in [-0.2, 0) is 9.59 Å². The molecular weight excluding hydrogens is 324 g/mol. The van der Waals surface area contributed by atoms with Crippen molar-refractivity contribution in [1.29, 1.82) is 0 Å². The van der Waals surface area contributed by atoms with Gasteiger partial charge in [-0.2, -0.15) is 0 Å². The van der Waals surface area contributed by atoms with Gasteiger partial charge in [0.1, 0.15) is 5.92 Å². The van der Waals surface area contributed by atoms with Gasteiger partial charge in [0.05, 0.1) is 12.7 Å². The average Bonchev–Trinajstić information content (AvgIpc) is 2.50. The molecule has 4 N–H and O–H groups in total. The van der Waals surface area contributed by atoms with E-state index >= 15 is 0 Å². The summed E-state index contributed by atoms with van der Waals surface area (Å²) in [5.41, 5.74) is 2.22. The molecule has 6 nitrogen and oxygen atoms in total. The number of allylic oxidation sites excluding steroid dienone is 3. The van der Waals surface area contributed by atoms with Crippen molar-refractivity contribution in [3.8, 4) is 0 Å². The van der Waals surface area contributed by atoms with Crippen molar-refractivity contribution in [3.05, 3.63) is 22.8 Å². The summed E-state index contributed by atoms with van der Waals surface area (Å²) >= 11 is 0. The molecular formula is C19H32O6. The van der Waals surface area contributed by atoms with Crippen molar-refractivity contribution >= 4 is 11.9 Å². The Hall–Kier alpha value is -1.66. The number of hydrogen-bond acceptors (Lipinski definition) is 4. The van der Waals surface area contributed by atoms with E-state index in [2.05, 4.69) is 6.92 Å². The summed E-state index contributed by atoms with van der Waals surface area (Å²) in [4.78, 5) is 21.8. The third-order valence-electron chi connectivity index (χ3n) is 4.47. The molecule has 3 unspecified atom stereocenters. The summed E-state index contributed by atoms with van der Waals surface area (Å²) in [6.07, 6.45) is 4.62. The molecule has 0 spiro atoms. The lowest BCUT2D eigenvalue weighted by Crippen LogP contribution is -2.31. The Balaban J connectivity index is 4.28. The quantitative estimate of drug-likeness (QED) is 0.243. The molecule has 0 saturated heterocycles. The van der Waals surface area contributed by atoms with Gasteiger partial charge in [-0.15, -0.1) is 0 Å². The van der Waals surface area contributed by atoms with Gasteiger partial charge in [-0.3, -0.25) is 4.79 Å². The lowest BCUT2D eigenvalue weighted by molar-refractivity contribution is -0.147. The molecule has 0 heterocycles. The lowest BCUT2D eigenvalue weighted by Gasteiger charge is -2.17. The molecule has 3 atom stereocenters. The van der Waals surface area contributed by atoms with Crippen LogP contribution in [0.1, 0.15) is 59.8 Å². The zero-order valence-corrected chi connectivity index (χ0v) is 15.7. The summed E-state index contributed by atoms with van der Waals surface area (Å²) in [5, 5.41) is 36.6. The smallest absolute Gasteiger partial charge is 0.331 e. The summed E-state index contributed by atoms with van der Waals surface area (Å²) in [6, 6.07) is 0. The predicted molar refractivity (Wildman–Crippen MR) is 96.2 cm³/mol. The third-order valence-corrected chi connectivity index (χ3v) is 4.47. The summed E-state index contributed by atoms with van der Waals surface area (Å²) in [7, 11) is 0. The largest absolute Gasteiger partial charge is 0.481 e. The second kappa shape index (κ2) is 11.8. The van der Waals surface area contributed by atoms with Crippen LogP contribution in [0, 0.1) is 11.8 Å². The maximum Gasteiger partial charge on any atom is 0.331 e. The standard InChI is InChI=1S/C19H32O6/c1-12(9-13(2)10-14(3)15(4)18(22)23)7-5-6-8-17(21)16(11-20)19(24)25/h10,12,16-17,20-21H,5-9,11H2,1-4H3,(H,22,23)(H,24,25). The Kier molecular flexibility index (Phi) is 11.0. The molecule has 6 heteroatoms. The molecule has 0 aromatic carbocycles. The van der Waals surface area contributed by atoms with E-state index in [9.17, 15) is 14.7 Å². The van der Waals surface area contributed by atoms with Crippen LogP contribution in [0.2, 0.25) is 0 Å². The fourth-order valence-electron chi connectivity index (χ4n) is 2.77. The first-order chi connectivity index (χ1) is 11.6. The van der Waals surface area contributed by atoms with Crippen molar-refractivity contribution in [2.24, 2.45) is 11.8 Å². The van der Waals surface area contributed by atoms with Crippen molar-refractivity contribution in [3.63, 3.8) is 0 Å². The fraction of sp³-hybridized carbons (Fsp3) is 0.684. The van der Waals surface area contributed by atoms with E-state index in [4.69, 9.17) is 15.3 Å². The normalized spacial score (nSPS) is 16.8. The molecule has 0 aliphatic rings. The number of aliphatic hydroxyl groups excluding tert-OH is 2. The Bertz CT molecular complexity index is 506. The fourth-order valence-corrected chi connectivity index (χ4v) is 2.77. The Morgan fingerprint density at radius 3 is 2.08 bits per heavy atom. The number of rotatable bonds is 12. The topological polar surface area (TPSA) is 115 Å². The minimum absolute atomic E-state index is 0.345. The summed E-state index contributed by atoms with van der Waals surface area (Å²) in [6.45, 7) is 6.92. The second-order valence-electron chi connectivity index (χ2n) is 6.89. The van der Waals surface area contributed by atoms with E-state index in [0.717, 1.165) is 30.4 Å². The van der Waals surface area contributed by atoms with Crippen LogP contribution in [0.25, 0.3) is 0 Å². The Morgan fingerprint density at radius 1 is 1.04 bits per heavy atom. The molecule has 144 valence electrons. The molecule has 0 saturated carbocycles. The SMILES string of the molecule is CC(=CC(C)=C(C)C(=O)O)CC(C)CCCCC(O)C(CO)C(=O)O. The molecule has 0 aromatic heterocycles.